The van der Waals surface area contributed by atoms with Gasteiger partial charge in [-0.3, -0.25) is 4.90 Å². The minimum atomic E-state index is -0.506. The molecule has 1 aliphatic heterocycles. The van der Waals surface area contributed by atoms with Crippen LogP contribution in [-0.2, 0) is 0 Å². The first-order chi connectivity index (χ1) is 12.2. The van der Waals surface area contributed by atoms with Gasteiger partial charge < -0.3 is 14.6 Å². The van der Waals surface area contributed by atoms with Gasteiger partial charge in [0.25, 0.3) is 0 Å². The summed E-state index contributed by atoms with van der Waals surface area (Å²) in [7, 11) is 1.63. The fourth-order valence-electron chi connectivity index (χ4n) is 3.01. The van der Waals surface area contributed by atoms with Crippen LogP contribution in [0.15, 0.2) is 60.7 Å². The molecule has 1 aliphatic rings. The van der Waals surface area contributed by atoms with Crippen LogP contribution >= 0.6 is 0 Å². The maximum absolute atomic E-state index is 10.2. The van der Waals surface area contributed by atoms with E-state index in [1.807, 2.05) is 30.3 Å². The van der Waals surface area contributed by atoms with Crippen LogP contribution in [0.25, 0.3) is 5.57 Å². The van der Waals surface area contributed by atoms with E-state index < -0.39 is 6.10 Å². The molecule has 1 heterocycles. The van der Waals surface area contributed by atoms with Gasteiger partial charge in [-0.2, -0.15) is 0 Å². The number of ether oxygens (including phenoxy) is 2. The maximum atomic E-state index is 10.2. The van der Waals surface area contributed by atoms with Gasteiger partial charge in [-0.15, -0.1) is 0 Å². The fraction of sp³-hybridized carbons (Fsp3) is 0.333. The van der Waals surface area contributed by atoms with E-state index in [1.165, 1.54) is 11.1 Å². The molecule has 132 valence electrons. The lowest BCUT2D eigenvalue weighted by Gasteiger charge is -2.28. The molecular formula is C21H25NO3. The van der Waals surface area contributed by atoms with Crippen molar-refractivity contribution < 1.29 is 14.6 Å². The van der Waals surface area contributed by atoms with Gasteiger partial charge in [-0.1, -0.05) is 36.4 Å². The van der Waals surface area contributed by atoms with Crippen molar-refractivity contribution >= 4 is 5.57 Å². The van der Waals surface area contributed by atoms with Crippen molar-refractivity contribution in [2.24, 2.45) is 0 Å². The Labute approximate surface area is 149 Å². The minimum Gasteiger partial charge on any atom is -0.497 e. The molecule has 0 saturated heterocycles. The van der Waals surface area contributed by atoms with Crippen molar-refractivity contribution in [3.05, 3.63) is 66.2 Å². The lowest BCUT2D eigenvalue weighted by molar-refractivity contribution is 0.0717. The normalized spacial score (nSPS) is 16.2. The third-order valence-corrected chi connectivity index (χ3v) is 4.41. The third kappa shape index (κ3) is 5.08. The number of hydrogen-bond donors (Lipinski definition) is 1. The Morgan fingerprint density at radius 1 is 1.04 bits per heavy atom. The van der Waals surface area contributed by atoms with Crippen LogP contribution in [0.2, 0.25) is 0 Å². The highest BCUT2D eigenvalue weighted by atomic mass is 16.5. The molecule has 0 saturated carbocycles. The van der Waals surface area contributed by atoms with E-state index in [9.17, 15) is 5.11 Å². The van der Waals surface area contributed by atoms with Gasteiger partial charge in [0, 0.05) is 19.6 Å². The molecule has 2 aromatic carbocycles. The van der Waals surface area contributed by atoms with Gasteiger partial charge in [0.1, 0.15) is 24.2 Å². The van der Waals surface area contributed by atoms with E-state index in [-0.39, 0.29) is 6.61 Å². The molecule has 0 aliphatic carbocycles. The first-order valence-electron chi connectivity index (χ1n) is 8.66. The van der Waals surface area contributed by atoms with Gasteiger partial charge in [0.15, 0.2) is 0 Å². The van der Waals surface area contributed by atoms with Crippen molar-refractivity contribution in [2.45, 2.75) is 12.5 Å². The summed E-state index contributed by atoms with van der Waals surface area (Å²) in [5.74, 6) is 1.53. The number of benzene rings is 2. The molecule has 0 radical (unpaired) electrons. The average molecular weight is 339 g/mol. The smallest absolute Gasteiger partial charge is 0.119 e. The van der Waals surface area contributed by atoms with Crippen LogP contribution in [-0.4, -0.2) is 49.5 Å². The number of methoxy groups -OCH3 is 1. The molecule has 4 nitrogen and oxygen atoms in total. The van der Waals surface area contributed by atoms with E-state index in [0.717, 1.165) is 31.0 Å². The van der Waals surface area contributed by atoms with Crippen LogP contribution in [0.4, 0.5) is 0 Å². The van der Waals surface area contributed by atoms with E-state index >= 15 is 0 Å². The van der Waals surface area contributed by atoms with Crippen LogP contribution in [0.5, 0.6) is 11.5 Å². The van der Waals surface area contributed by atoms with Crippen LogP contribution < -0.4 is 9.47 Å². The van der Waals surface area contributed by atoms with Crippen LogP contribution in [0.1, 0.15) is 12.0 Å². The van der Waals surface area contributed by atoms with Gasteiger partial charge in [0.2, 0.25) is 0 Å². The zero-order chi connectivity index (χ0) is 17.5. The van der Waals surface area contributed by atoms with Crippen LogP contribution in [0.3, 0.4) is 0 Å². The zero-order valence-electron chi connectivity index (χ0n) is 14.6. The number of rotatable bonds is 7. The summed E-state index contributed by atoms with van der Waals surface area (Å²) in [5, 5.41) is 10.2. The monoisotopic (exact) mass is 339 g/mol. The Morgan fingerprint density at radius 2 is 1.76 bits per heavy atom. The molecule has 0 aromatic heterocycles. The standard InChI is InChI=1S/C21H25NO3/c1-24-20-7-9-21(10-8-20)25-16-19(23)15-22-13-11-18(12-14-22)17-5-3-2-4-6-17/h2-11,19,23H,12-16H2,1H3. The van der Waals surface area contributed by atoms with Crippen molar-refractivity contribution in [1.82, 2.24) is 4.90 Å². The number of aliphatic hydroxyl groups excluding tert-OH is 1. The zero-order valence-corrected chi connectivity index (χ0v) is 14.6. The van der Waals surface area contributed by atoms with Gasteiger partial charge in [-0.05, 0) is 41.8 Å². The summed E-state index contributed by atoms with van der Waals surface area (Å²) in [6.07, 6.45) is 2.76. The molecule has 1 atom stereocenters. The van der Waals surface area contributed by atoms with E-state index in [4.69, 9.17) is 9.47 Å². The van der Waals surface area contributed by atoms with Gasteiger partial charge in [0.05, 0.1) is 7.11 Å². The first kappa shape index (κ1) is 17.5. The largest absolute Gasteiger partial charge is 0.497 e. The number of hydrogen-bond acceptors (Lipinski definition) is 4. The summed E-state index contributed by atoms with van der Waals surface area (Å²) < 4.78 is 10.8. The fourth-order valence-corrected chi connectivity index (χ4v) is 3.01. The molecule has 0 spiro atoms. The molecule has 1 N–H and O–H groups in total. The van der Waals surface area contributed by atoms with Crippen LogP contribution in [0, 0.1) is 0 Å². The van der Waals surface area contributed by atoms with Crippen molar-refractivity contribution in [2.75, 3.05) is 33.4 Å². The van der Waals surface area contributed by atoms with E-state index in [0.29, 0.717) is 6.54 Å². The molecule has 4 heteroatoms. The highest BCUT2D eigenvalue weighted by molar-refractivity contribution is 5.66. The second kappa shape index (κ2) is 8.70. The quantitative estimate of drug-likeness (QED) is 0.841. The summed E-state index contributed by atoms with van der Waals surface area (Å²) in [6, 6.07) is 17.9. The lowest BCUT2D eigenvalue weighted by atomic mass is 9.99. The number of aliphatic hydroxyl groups is 1. The maximum Gasteiger partial charge on any atom is 0.119 e. The second-order valence-electron chi connectivity index (χ2n) is 6.25. The van der Waals surface area contributed by atoms with Crippen molar-refractivity contribution in [1.29, 1.82) is 0 Å². The Balaban J connectivity index is 1.44. The Hall–Kier alpha value is -2.30. The topological polar surface area (TPSA) is 41.9 Å². The summed E-state index contributed by atoms with van der Waals surface area (Å²) in [4.78, 5) is 2.26. The molecule has 3 rings (SSSR count). The molecular weight excluding hydrogens is 314 g/mol. The first-order valence-corrected chi connectivity index (χ1v) is 8.66. The second-order valence-corrected chi connectivity index (χ2v) is 6.25. The van der Waals surface area contributed by atoms with Gasteiger partial charge in [-0.25, -0.2) is 0 Å². The summed E-state index contributed by atoms with van der Waals surface area (Å²) >= 11 is 0. The molecule has 0 fully saturated rings. The molecule has 1 unspecified atom stereocenters. The summed E-state index contributed by atoms with van der Waals surface area (Å²) in [6.45, 7) is 2.73. The lowest BCUT2D eigenvalue weighted by Crippen LogP contribution is -2.38. The third-order valence-electron chi connectivity index (χ3n) is 4.41. The highest BCUT2D eigenvalue weighted by Gasteiger charge is 2.16. The predicted molar refractivity (Wildman–Crippen MR) is 100.0 cm³/mol. The van der Waals surface area contributed by atoms with E-state index in [2.05, 4.69) is 35.2 Å². The SMILES string of the molecule is COc1ccc(OCC(O)CN2CC=C(c3ccccc3)CC2)cc1. The number of β-amino-alcohol motifs (C(OH)–C–C–N with tert-alkyl or cyclic N) is 1. The Kier molecular flexibility index (Phi) is 6.09. The average Bonchev–Trinajstić information content (AvgIpc) is 2.68. The molecule has 2 aromatic rings. The van der Waals surface area contributed by atoms with Crippen molar-refractivity contribution in [3.63, 3.8) is 0 Å². The van der Waals surface area contributed by atoms with E-state index in [1.54, 1.807) is 7.11 Å². The molecule has 0 bridgehead atoms. The highest BCUT2D eigenvalue weighted by Crippen LogP contribution is 2.22. The Bertz CT molecular complexity index is 682. The summed E-state index contributed by atoms with van der Waals surface area (Å²) in [5.41, 5.74) is 2.69. The minimum absolute atomic E-state index is 0.290. The Morgan fingerprint density at radius 3 is 2.40 bits per heavy atom. The molecule has 25 heavy (non-hydrogen) atoms. The number of nitrogens with zero attached hydrogens (tertiary/aromatic N) is 1. The van der Waals surface area contributed by atoms with Gasteiger partial charge >= 0.3 is 0 Å². The van der Waals surface area contributed by atoms with Crippen molar-refractivity contribution in [3.8, 4) is 11.5 Å². The molecule has 0 amide bonds. The predicted octanol–water partition coefficient (Wildman–Crippen LogP) is 3.22.